The van der Waals surface area contributed by atoms with E-state index in [9.17, 15) is 14.7 Å². The van der Waals surface area contributed by atoms with E-state index in [1.165, 1.54) is 4.90 Å². The minimum atomic E-state index is -0.837. The van der Waals surface area contributed by atoms with Crippen LogP contribution in [0.4, 0.5) is 0 Å². The van der Waals surface area contributed by atoms with E-state index >= 15 is 0 Å². The topological polar surface area (TPSA) is 92.6 Å². The number of aromatic nitrogens is 2. The summed E-state index contributed by atoms with van der Waals surface area (Å²) in [5.74, 6) is -1.39. The molecular formula is C24H20ClN3O4. The quantitative estimate of drug-likeness (QED) is 0.345. The van der Waals surface area contributed by atoms with Crippen LogP contribution < -0.4 is 4.74 Å². The summed E-state index contributed by atoms with van der Waals surface area (Å²) in [5, 5.41) is 11.4. The highest BCUT2D eigenvalue weighted by atomic mass is 35.5. The molecule has 0 bridgehead atoms. The summed E-state index contributed by atoms with van der Waals surface area (Å²) in [6, 6.07) is 11.0. The number of pyridine rings is 2. The molecule has 0 aliphatic carbocycles. The van der Waals surface area contributed by atoms with Gasteiger partial charge in [-0.25, -0.2) is 0 Å². The van der Waals surface area contributed by atoms with Crippen molar-refractivity contribution in [2.45, 2.75) is 19.5 Å². The lowest BCUT2D eigenvalue weighted by molar-refractivity contribution is -0.140. The van der Waals surface area contributed by atoms with Crippen LogP contribution in [0.3, 0.4) is 0 Å². The minimum absolute atomic E-state index is 0.0533. The van der Waals surface area contributed by atoms with Gasteiger partial charge in [-0.05, 0) is 48.4 Å². The van der Waals surface area contributed by atoms with Gasteiger partial charge in [0.2, 0.25) is 0 Å². The number of rotatable bonds is 6. The number of ether oxygens (including phenoxy) is 1. The molecule has 1 aliphatic rings. The van der Waals surface area contributed by atoms with Gasteiger partial charge in [-0.1, -0.05) is 23.7 Å². The van der Waals surface area contributed by atoms with Crippen LogP contribution in [0.1, 0.15) is 29.7 Å². The van der Waals surface area contributed by atoms with Crippen LogP contribution in [0.15, 0.2) is 72.8 Å². The van der Waals surface area contributed by atoms with Crippen LogP contribution >= 0.6 is 11.6 Å². The fourth-order valence-corrected chi connectivity index (χ4v) is 3.91. The number of ketones is 1. The van der Waals surface area contributed by atoms with E-state index in [1.807, 2.05) is 13.0 Å². The number of nitrogens with zero attached hydrogens (tertiary/aromatic N) is 3. The van der Waals surface area contributed by atoms with Crippen molar-refractivity contribution in [1.29, 1.82) is 0 Å². The van der Waals surface area contributed by atoms with Crippen LogP contribution in [-0.4, -0.2) is 38.3 Å². The second-order valence-electron chi connectivity index (χ2n) is 7.15. The molecule has 0 saturated carbocycles. The van der Waals surface area contributed by atoms with Crippen molar-refractivity contribution in [3.8, 4) is 5.75 Å². The standard InChI is InChI=1S/C24H20ClN3O4/c1-2-32-17-7-8-19(25)18(11-17)22(29)20-21(16-6-4-10-27-13-16)28(24(31)23(20)30)14-15-5-3-9-26-12-15/h3-13,21,29H,2,14H2,1H3/b22-20+. The number of hydrogen-bond acceptors (Lipinski definition) is 6. The highest BCUT2D eigenvalue weighted by Gasteiger charge is 2.46. The third-order valence-corrected chi connectivity index (χ3v) is 5.45. The number of Topliss-reactive ketones (excluding diaryl/α,β-unsaturated/α-hetero) is 1. The van der Waals surface area contributed by atoms with Crippen molar-refractivity contribution in [1.82, 2.24) is 14.9 Å². The van der Waals surface area contributed by atoms with Gasteiger partial charge >= 0.3 is 0 Å². The number of carbonyl (C=O) groups excluding carboxylic acids is 2. The van der Waals surface area contributed by atoms with Crippen LogP contribution in [0.5, 0.6) is 5.75 Å². The van der Waals surface area contributed by atoms with E-state index in [0.29, 0.717) is 17.9 Å². The van der Waals surface area contributed by atoms with E-state index in [1.54, 1.807) is 61.2 Å². The van der Waals surface area contributed by atoms with E-state index in [2.05, 4.69) is 9.97 Å². The Balaban J connectivity index is 1.87. The van der Waals surface area contributed by atoms with Gasteiger partial charge in [-0.3, -0.25) is 19.6 Å². The first-order valence-corrected chi connectivity index (χ1v) is 10.4. The molecule has 1 unspecified atom stereocenters. The molecule has 162 valence electrons. The second-order valence-corrected chi connectivity index (χ2v) is 7.56. The van der Waals surface area contributed by atoms with Crippen LogP contribution in [0.2, 0.25) is 5.02 Å². The van der Waals surface area contributed by atoms with Crippen molar-refractivity contribution in [3.63, 3.8) is 0 Å². The summed E-state index contributed by atoms with van der Waals surface area (Å²) in [4.78, 5) is 35.8. The molecule has 0 radical (unpaired) electrons. The Labute approximate surface area is 190 Å². The number of aliphatic hydroxyl groups is 1. The minimum Gasteiger partial charge on any atom is -0.507 e. The normalized spacial score (nSPS) is 17.6. The molecule has 1 saturated heterocycles. The highest BCUT2D eigenvalue weighted by Crippen LogP contribution is 2.41. The lowest BCUT2D eigenvalue weighted by Crippen LogP contribution is -2.29. The number of halogens is 1. The first kappa shape index (κ1) is 21.5. The number of carbonyl (C=O) groups is 2. The number of likely N-dealkylation sites (tertiary alicyclic amines) is 1. The van der Waals surface area contributed by atoms with Gasteiger partial charge in [-0.2, -0.15) is 0 Å². The molecule has 1 fully saturated rings. The Kier molecular flexibility index (Phi) is 6.18. The Bertz CT molecular complexity index is 1180. The maximum absolute atomic E-state index is 13.1. The zero-order chi connectivity index (χ0) is 22.7. The molecule has 1 amide bonds. The Morgan fingerprint density at radius 3 is 2.53 bits per heavy atom. The number of benzene rings is 1. The van der Waals surface area contributed by atoms with Crippen molar-refractivity contribution in [3.05, 3.63) is 94.5 Å². The summed E-state index contributed by atoms with van der Waals surface area (Å²) in [7, 11) is 0. The predicted molar refractivity (Wildman–Crippen MR) is 119 cm³/mol. The van der Waals surface area contributed by atoms with Gasteiger partial charge in [-0.15, -0.1) is 0 Å². The van der Waals surface area contributed by atoms with Crippen molar-refractivity contribution in [2.24, 2.45) is 0 Å². The van der Waals surface area contributed by atoms with Crippen molar-refractivity contribution >= 4 is 29.1 Å². The summed E-state index contributed by atoms with van der Waals surface area (Å²) in [6.07, 6.45) is 6.42. The number of amides is 1. The summed E-state index contributed by atoms with van der Waals surface area (Å²) >= 11 is 6.33. The van der Waals surface area contributed by atoms with Gasteiger partial charge in [0, 0.05) is 36.9 Å². The van der Waals surface area contributed by atoms with Gasteiger partial charge in [0.15, 0.2) is 0 Å². The maximum Gasteiger partial charge on any atom is 0.295 e. The Morgan fingerprint density at radius 1 is 1.12 bits per heavy atom. The maximum atomic E-state index is 13.1. The summed E-state index contributed by atoms with van der Waals surface area (Å²) in [5.41, 5.74) is 1.50. The average Bonchev–Trinajstić information content (AvgIpc) is 3.06. The molecule has 1 aliphatic heterocycles. The van der Waals surface area contributed by atoms with E-state index < -0.39 is 17.7 Å². The molecule has 1 aromatic carbocycles. The molecule has 8 heteroatoms. The van der Waals surface area contributed by atoms with Crippen molar-refractivity contribution in [2.75, 3.05) is 6.61 Å². The van der Waals surface area contributed by atoms with Gasteiger partial charge in [0.05, 0.1) is 23.2 Å². The fraction of sp³-hybridized carbons (Fsp3) is 0.167. The van der Waals surface area contributed by atoms with Gasteiger partial charge in [0.25, 0.3) is 11.7 Å². The largest absolute Gasteiger partial charge is 0.507 e. The zero-order valence-corrected chi connectivity index (χ0v) is 18.0. The molecule has 3 heterocycles. The molecule has 4 rings (SSSR count). The smallest absolute Gasteiger partial charge is 0.295 e. The third kappa shape index (κ3) is 4.07. The molecule has 2 aromatic heterocycles. The average molecular weight is 450 g/mol. The summed E-state index contributed by atoms with van der Waals surface area (Å²) < 4.78 is 5.50. The lowest BCUT2D eigenvalue weighted by atomic mass is 9.96. The molecule has 1 atom stereocenters. The number of aliphatic hydroxyl groups excluding tert-OH is 1. The molecule has 1 N–H and O–H groups in total. The first-order valence-electron chi connectivity index (χ1n) is 10.0. The molecule has 32 heavy (non-hydrogen) atoms. The third-order valence-electron chi connectivity index (χ3n) is 5.12. The molecule has 3 aromatic rings. The summed E-state index contributed by atoms with van der Waals surface area (Å²) in [6.45, 7) is 2.40. The second kappa shape index (κ2) is 9.20. The Hall–Kier alpha value is -3.71. The Morgan fingerprint density at radius 2 is 1.88 bits per heavy atom. The monoisotopic (exact) mass is 449 g/mol. The van der Waals surface area contributed by atoms with Crippen LogP contribution in [0.25, 0.3) is 5.76 Å². The van der Waals surface area contributed by atoms with Crippen molar-refractivity contribution < 1.29 is 19.4 Å². The van der Waals surface area contributed by atoms with E-state index in [-0.39, 0.29) is 28.5 Å². The highest BCUT2D eigenvalue weighted by molar-refractivity contribution is 6.47. The first-order chi connectivity index (χ1) is 15.5. The van der Waals surface area contributed by atoms with Gasteiger partial charge in [0.1, 0.15) is 11.5 Å². The SMILES string of the molecule is CCOc1ccc(Cl)c(/C(O)=C2\C(=O)C(=O)N(Cc3cccnc3)C2c2cccnc2)c1. The zero-order valence-electron chi connectivity index (χ0n) is 17.2. The van der Waals surface area contributed by atoms with Crippen LogP contribution in [0, 0.1) is 0 Å². The molecule has 0 spiro atoms. The van der Waals surface area contributed by atoms with Gasteiger partial charge < -0.3 is 14.7 Å². The molecule has 7 nitrogen and oxygen atoms in total. The van der Waals surface area contributed by atoms with Crippen LogP contribution in [-0.2, 0) is 16.1 Å². The number of hydrogen-bond donors (Lipinski definition) is 1. The fourth-order valence-electron chi connectivity index (χ4n) is 3.70. The van der Waals surface area contributed by atoms with E-state index in [0.717, 1.165) is 5.56 Å². The predicted octanol–water partition coefficient (Wildman–Crippen LogP) is 4.15. The lowest BCUT2D eigenvalue weighted by Gasteiger charge is -2.25. The van der Waals surface area contributed by atoms with E-state index in [4.69, 9.17) is 16.3 Å². The molecular weight excluding hydrogens is 430 g/mol.